The Bertz CT molecular complexity index is 1050. The number of hydrogen-bond donors (Lipinski definition) is 2. The summed E-state index contributed by atoms with van der Waals surface area (Å²) in [5.41, 5.74) is 1.53. The lowest BCUT2D eigenvalue weighted by molar-refractivity contribution is 0.102. The fourth-order valence-electron chi connectivity index (χ4n) is 3.29. The number of para-hydroxylation sites is 1. The Kier molecular flexibility index (Phi) is 3.46. The zero-order chi connectivity index (χ0) is 17.6. The van der Waals surface area contributed by atoms with Crippen LogP contribution in [0.1, 0.15) is 15.9 Å². The number of ether oxygens (including phenoxy) is 1. The van der Waals surface area contributed by atoms with Gasteiger partial charge in [0, 0.05) is 17.6 Å². The van der Waals surface area contributed by atoms with Crippen molar-refractivity contribution in [1.29, 1.82) is 0 Å². The van der Waals surface area contributed by atoms with Crippen LogP contribution < -0.4 is 15.6 Å². The maximum atomic E-state index is 12.7. The van der Waals surface area contributed by atoms with Gasteiger partial charge in [-0.1, -0.05) is 12.1 Å². The summed E-state index contributed by atoms with van der Waals surface area (Å²) in [5.74, 6) is -0.242. The molecule has 6 heteroatoms. The van der Waals surface area contributed by atoms with Crippen LogP contribution in [0.3, 0.4) is 0 Å². The van der Waals surface area contributed by atoms with Gasteiger partial charge in [-0.05, 0) is 42.3 Å². The van der Waals surface area contributed by atoms with Gasteiger partial charge >= 0.3 is 0 Å². The number of anilines is 1. The van der Waals surface area contributed by atoms with Crippen LogP contribution in [-0.4, -0.2) is 22.7 Å². The third-order valence-electron chi connectivity index (χ3n) is 4.52. The highest BCUT2D eigenvalue weighted by molar-refractivity contribution is 6.09. The molecule has 1 aromatic heterocycles. The van der Waals surface area contributed by atoms with Gasteiger partial charge in [-0.3, -0.25) is 9.59 Å². The predicted octanol–water partition coefficient (Wildman–Crippen LogP) is 2.52. The van der Waals surface area contributed by atoms with Gasteiger partial charge in [0.1, 0.15) is 17.1 Å². The van der Waals surface area contributed by atoms with Gasteiger partial charge in [-0.2, -0.15) is 0 Å². The molecular weight excluding hydrogens is 320 g/mol. The maximum Gasteiger partial charge on any atom is 0.267 e. The molecule has 0 atom stereocenters. The third kappa shape index (κ3) is 2.34. The monoisotopic (exact) mass is 336 g/mol. The first kappa shape index (κ1) is 15.3. The molecule has 2 N–H and O–H groups in total. The molecule has 2 aromatic carbocycles. The Hall–Kier alpha value is -3.28. The van der Waals surface area contributed by atoms with Crippen LogP contribution in [0.25, 0.3) is 10.9 Å². The standard InChI is InChI=1S/C19H16N2O4/c1-25-13-7-5-12(6-8-13)20-18(23)15-17(22)14-4-2-3-11-9-10-21(16(11)14)19(15)24/h2-8,22H,9-10H2,1H3,(H,20,23). The van der Waals surface area contributed by atoms with Crippen LogP contribution in [-0.2, 0) is 13.0 Å². The quantitative estimate of drug-likeness (QED) is 0.770. The molecule has 0 saturated carbocycles. The number of hydrogen-bond acceptors (Lipinski definition) is 4. The van der Waals surface area contributed by atoms with Gasteiger partial charge < -0.3 is 19.7 Å². The second-order valence-electron chi connectivity index (χ2n) is 5.93. The summed E-state index contributed by atoms with van der Waals surface area (Å²) >= 11 is 0. The van der Waals surface area contributed by atoms with E-state index in [0.29, 0.717) is 28.9 Å². The van der Waals surface area contributed by atoms with Crippen molar-refractivity contribution >= 4 is 22.5 Å². The van der Waals surface area contributed by atoms with E-state index in [1.807, 2.05) is 12.1 Å². The molecule has 6 nitrogen and oxygen atoms in total. The molecule has 1 aliphatic rings. The molecule has 0 fully saturated rings. The number of aromatic hydroxyl groups is 1. The molecule has 3 aromatic rings. The SMILES string of the molecule is COc1ccc(NC(=O)c2c(O)c3cccc4c3n(c2=O)CC4)cc1. The molecule has 1 amide bonds. The molecule has 126 valence electrons. The number of methoxy groups -OCH3 is 1. The van der Waals surface area contributed by atoms with Crippen molar-refractivity contribution in [2.24, 2.45) is 0 Å². The minimum absolute atomic E-state index is 0.234. The number of nitrogens with zero attached hydrogens (tertiary/aromatic N) is 1. The van der Waals surface area contributed by atoms with E-state index in [9.17, 15) is 14.7 Å². The zero-order valence-corrected chi connectivity index (χ0v) is 13.6. The van der Waals surface area contributed by atoms with Gasteiger partial charge in [0.15, 0.2) is 0 Å². The fraction of sp³-hybridized carbons (Fsp3) is 0.158. The second kappa shape index (κ2) is 5.66. The Morgan fingerprint density at radius 1 is 1.20 bits per heavy atom. The van der Waals surface area contributed by atoms with E-state index in [-0.39, 0.29) is 11.3 Å². The number of rotatable bonds is 3. The Labute approximate surface area is 143 Å². The lowest BCUT2D eigenvalue weighted by atomic mass is 10.1. The normalized spacial score (nSPS) is 12.4. The van der Waals surface area contributed by atoms with Gasteiger partial charge in [0.25, 0.3) is 11.5 Å². The van der Waals surface area contributed by atoms with Crippen LogP contribution >= 0.6 is 0 Å². The molecule has 0 bridgehead atoms. The molecule has 25 heavy (non-hydrogen) atoms. The van der Waals surface area contributed by atoms with E-state index < -0.39 is 11.5 Å². The summed E-state index contributed by atoms with van der Waals surface area (Å²) in [6, 6.07) is 12.2. The van der Waals surface area contributed by atoms with Crippen LogP contribution in [0, 0.1) is 0 Å². The van der Waals surface area contributed by atoms with E-state index in [1.54, 1.807) is 42.0 Å². The molecule has 0 unspecified atom stereocenters. The first-order valence-electron chi connectivity index (χ1n) is 7.93. The fourth-order valence-corrected chi connectivity index (χ4v) is 3.29. The molecule has 0 spiro atoms. The molecule has 1 aliphatic heterocycles. The molecule has 0 aliphatic carbocycles. The van der Waals surface area contributed by atoms with E-state index in [1.165, 1.54) is 0 Å². The Morgan fingerprint density at radius 3 is 2.68 bits per heavy atom. The largest absolute Gasteiger partial charge is 0.506 e. The topological polar surface area (TPSA) is 80.6 Å². The number of aromatic nitrogens is 1. The smallest absolute Gasteiger partial charge is 0.267 e. The van der Waals surface area contributed by atoms with Crippen LogP contribution in [0.15, 0.2) is 47.3 Å². The van der Waals surface area contributed by atoms with Crippen molar-refractivity contribution in [3.8, 4) is 11.5 Å². The second-order valence-corrected chi connectivity index (χ2v) is 5.93. The number of nitrogens with one attached hydrogen (secondary N) is 1. The molecule has 2 heterocycles. The van der Waals surface area contributed by atoms with E-state index >= 15 is 0 Å². The molecular formula is C19H16N2O4. The summed E-state index contributed by atoms with van der Waals surface area (Å²) in [5, 5.41) is 13.7. The van der Waals surface area contributed by atoms with Crippen molar-refractivity contribution in [1.82, 2.24) is 4.57 Å². The predicted molar refractivity (Wildman–Crippen MR) is 94.5 cm³/mol. The van der Waals surface area contributed by atoms with Gasteiger partial charge in [-0.15, -0.1) is 0 Å². The summed E-state index contributed by atoms with van der Waals surface area (Å²) < 4.78 is 6.64. The molecule has 0 saturated heterocycles. The summed E-state index contributed by atoms with van der Waals surface area (Å²) in [6.45, 7) is 0.512. The third-order valence-corrected chi connectivity index (χ3v) is 4.52. The number of pyridine rings is 1. The van der Waals surface area contributed by atoms with E-state index in [0.717, 1.165) is 12.0 Å². The lowest BCUT2D eigenvalue weighted by Gasteiger charge is -2.12. The number of aryl methyl sites for hydroxylation is 2. The van der Waals surface area contributed by atoms with Gasteiger partial charge in [0.05, 0.1) is 12.6 Å². The molecule has 4 rings (SSSR count). The first-order chi connectivity index (χ1) is 12.1. The maximum absolute atomic E-state index is 12.7. The zero-order valence-electron chi connectivity index (χ0n) is 13.6. The summed E-state index contributed by atoms with van der Waals surface area (Å²) in [6.07, 6.45) is 0.718. The lowest BCUT2D eigenvalue weighted by Crippen LogP contribution is -2.28. The van der Waals surface area contributed by atoms with Gasteiger partial charge in [-0.25, -0.2) is 0 Å². The van der Waals surface area contributed by atoms with Crippen molar-refractivity contribution in [3.05, 3.63) is 63.9 Å². The highest BCUT2D eigenvalue weighted by atomic mass is 16.5. The van der Waals surface area contributed by atoms with E-state index in [4.69, 9.17) is 4.74 Å². The number of carbonyl (C=O) groups is 1. The number of carbonyl (C=O) groups excluding carboxylic acids is 1. The van der Waals surface area contributed by atoms with Gasteiger partial charge in [0.2, 0.25) is 0 Å². The summed E-state index contributed by atoms with van der Waals surface area (Å²) in [7, 11) is 1.55. The minimum Gasteiger partial charge on any atom is -0.506 e. The highest BCUT2D eigenvalue weighted by Crippen LogP contribution is 2.32. The van der Waals surface area contributed by atoms with Crippen molar-refractivity contribution in [3.63, 3.8) is 0 Å². The minimum atomic E-state index is -0.629. The summed E-state index contributed by atoms with van der Waals surface area (Å²) in [4.78, 5) is 25.3. The number of amides is 1. The number of benzene rings is 2. The van der Waals surface area contributed by atoms with Crippen LogP contribution in [0.2, 0.25) is 0 Å². The molecule has 0 radical (unpaired) electrons. The average Bonchev–Trinajstić information content (AvgIpc) is 3.06. The van der Waals surface area contributed by atoms with E-state index in [2.05, 4.69) is 5.32 Å². The van der Waals surface area contributed by atoms with Crippen molar-refractivity contribution in [2.75, 3.05) is 12.4 Å². The van der Waals surface area contributed by atoms with Crippen molar-refractivity contribution < 1.29 is 14.6 Å². The highest BCUT2D eigenvalue weighted by Gasteiger charge is 2.26. The van der Waals surface area contributed by atoms with Crippen LogP contribution in [0.4, 0.5) is 5.69 Å². The van der Waals surface area contributed by atoms with Crippen LogP contribution in [0.5, 0.6) is 11.5 Å². The first-order valence-corrected chi connectivity index (χ1v) is 7.93. The average molecular weight is 336 g/mol. The Morgan fingerprint density at radius 2 is 1.96 bits per heavy atom. The van der Waals surface area contributed by atoms with Crippen molar-refractivity contribution in [2.45, 2.75) is 13.0 Å². The Balaban J connectivity index is 1.79.